The maximum absolute atomic E-state index is 11.5. The first-order chi connectivity index (χ1) is 8.70. The number of rotatable bonds is 10. The van der Waals surface area contributed by atoms with Gasteiger partial charge in [-0.3, -0.25) is 0 Å². The molecule has 0 amide bonds. The third kappa shape index (κ3) is 11.4. The summed E-state index contributed by atoms with van der Waals surface area (Å²) in [5, 5.41) is 3.43. The Balaban J connectivity index is 4.13. The second-order valence-electron chi connectivity index (χ2n) is 5.95. The van der Waals surface area contributed by atoms with Crippen LogP contribution in [-0.4, -0.2) is 44.7 Å². The Kier molecular flexibility index (Phi) is 8.86. The molecule has 1 N–H and O–H groups in total. The first-order valence-electron chi connectivity index (χ1n) is 7.28. The summed E-state index contributed by atoms with van der Waals surface area (Å²) in [5.41, 5.74) is -0.151. The normalized spacial score (nSPS) is 14.6. The number of hydrogen-bond acceptors (Lipinski definition) is 4. The van der Waals surface area contributed by atoms with Crippen LogP contribution in [0.15, 0.2) is 0 Å². The quantitative estimate of drug-likeness (QED) is 0.672. The summed E-state index contributed by atoms with van der Waals surface area (Å²) in [6, 6.07) is 0.242. The SMILES string of the molecule is CCCNC(CCCS(=O)(=O)CC)COC(C)(C)C. The van der Waals surface area contributed by atoms with Crippen LogP contribution in [0.5, 0.6) is 0 Å². The van der Waals surface area contributed by atoms with E-state index in [2.05, 4.69) is 12.2 Å². The van der Waals surface area contributed by atoms with Gasteiger partial charge in [0.05, 0.1) is 18.0 Å². The Morgan fingerprint density at radius 1 is 1.21 bits per heavy atom. The van der Waals surface area contributed by atoms with Crippen LogP contribution < -0.4 is 5.32 Å². The fourth-order valence-corrected chi connectivity index (χ4v) is 2.53. The Bertz CT molecular complexity index is 320. The Labute approximate surface area is 119 Å². The first-order valence-corrected chi connectivity index (χ1v) is 9.10. The maximum Gasteiger partial charge on any atom is 0.150 e. The predicted molar refractivity (Wildman–Crippen MR) is 81.3 cm³/mol. The summed E-state index contributed by atoms with van der Waals surface area (Å²) in [5.74, 6) is 0.516. The van der Waals surface area contributed by atoms with Crippen LogP contribution in [0.1, 0.15) is 53.9 Å². The topological polar surface area (TPSA) is 55.4 Å². The van der Waals surface area contributed by atoms with Gasteiger partial charge in [-0.25, -0.2) is 8.42 Å². The van der Waals surface area contributed by atoms with Crippen molar-refractivity contribution in [1.29, 1.82) is 0 Å². The molecular weight excluding hydrogens is 262 g/mol. The molecule has 0 saturated heterocycles. The van der Waals surface area contributed by atoms with Crippen molar-refractivity contribution in [2.45, 2.75) is 65.5 Å². The number of hydrogen-bond donors (Lipinski definition) is 1. The number of ether oxygens (including phenoxy) is 1. The average Bonchev–Trinajstić information content (AvgIpc) is 2.30. The molecule has 0 bridgehead atoms. The molecule has 0 radical (unpaired) electrons. The lowest BCUT2D eigenvalue weighted by Crippen LogP contribution is -2.37. The molecule has 0 aromatic carbocycles. The predicted octanol–water partition coefficient (Wildman–Crippen LogP) is 2.38. The van der Waals surface area contributed by atoms with Crippen LogP contribution in [0.2, 0.25) is 0 Å². The number of sulfone groups is 1. The van der Waals surface area contributed by atoms with Crippen molar-refractivity contribution in [3.05, 3.63) is 0 Å². The van der Waals surface area contributed by atoms with E-state index in [4.69, 9.17) is 4.74 Å². The van der Waals surface area contributed by atoms with E-state index in [1.807, 2.05) is 20.8 Å². The van der Waals surface area contributed by atoms with Crippen molar-refractivity contribution < 1.29 is 13.2 Å². The molecule has 0 saturated carbocycles. The van der Waals surface area contributed by atoms with Crippen LogP contribution in [0.25, 0.3) is 0 Å². The fourth-order valence-electron chi connectivity index (χ4n) is 1.64. The standard InChI is InChI=1S/C14H31NO3S/c1-6-10-15-13(12-18-14(3,4)5)9-8-11-19(16,17)7-2/h13,15H,6-12H2,1-5H3. The molecule has 0 aromatic heterocycles. The lowest BCUT2D eigenvalue weighted by molar-refractivity contribution is -0.0154. The van der Waals surface area contributed by atoms with Crippen LogP contribution in [-0.2, 0) is 14.6 Å². The van der Waals surface area contributed by atoms with Crippen LogP contribution in [0.4, 0.5) is 0 Å². The molecule has 0 heterocycles. The summed E-state index contributed by atoms with van der Waals surface area (Å²) in [4.78, 5) is 0. The third-order valence-corrected chi connectivity index (χ3v) is 4.64. The minimum Gasteiger partial charge on any atom is -0.374 e. The minimum absolute atomic E-state index is 0.151. The summed E-state index contributed by atoms with van der Waals surface area (Å²) in [6.45, 7) is 11.5. The Hall–Kier alpha value is -0.130. The van der Waals surface area contributed by atoms with Gasteiger partial charge < -0.3 is 10.1 Å². The molecule has 0 aromatic rings. The monoisotopic (exact) mass is 293 g/mol. The van der Waals surface area contributed by atoms with Gasteiger partial charge in [-0.1, -0.05) is 13.8 Å². The molecule has 0 rings (SSSR count). The highest BCUT2D eigenvalue weighted by Crippen LogP contribution is 2.10. The van der Waals surface area contributed by atoms with Crippen molar-refractivity contribution in [3.63, 3.8) is 0 Å². The van der Waals surface area contributed by atoms with Crippen LogP contribution in [0.3, 0.4) is 0 Å². The van der Waals surface area contributed by atoms with Crippen LogP contribution in [0, 0.1) is 0 Å². The Morgan fingerprint density at radius 2 is 1.84 bits per heavy atom. The van der Waals surface area contributed by atoms with Crippen molar-refractivity contribution in [3.8, 4) is 0 Å². The van der Waals surface area contributed by atoms with Gasteiger partial charge >= 0.3 is 0 Å². The molecule has 0 aliphatic rings. The van der Waals surface area contributed by atoms with Crippen molar-refractivity contribution in [2.75, 3.05) is 24.7 Å². The van der Waals surface area contributed by atoms with E-state index in [1.165, 1.54) is 0 Å². The molecule has 5 heteroatoms. The highest BCUT2D eigenvalue weighted by Gasteiger charge is 2.16. The second kappa shape index (κ2) is 8.93. The summed E-state index contributed by atoms with van der Waals surface area (Å²) in [7, 11) is -2.85. The van der Waals surface area contributed by atoms with E-state index in [0.29, 0.717) is 13.0 Å². The van der Waals surface area contributed by atoms with Gasteiger partial charge in [0, 0.05) is 11.8 Å². The van der Waals surface area contributed by atoms with E-state index < -0.39 is 9.84 Å². The zero-order chi connectivity index (χ0) is 14.9. The van der Waals surface area contributed by atoms with Crippen molar-refractivity contribution in [2.24, 2.45) is 0 Å². The van der Waals surface area contributed by atoms with E-state index in [-0.39, 0.29) is 23.1 Å². The maximum atomic E-state index is 11.5. The van der Waals surface area contributed by atoms with Crippen molar-refractivity contribution in [1.82, 2.24) is 5.32 Å². The molecule has 0 aliphatic carbocycles. The highest BCUT2D eigenvalue weighted by atomic mass is 32.2. The molecule has 0 aliphatic heterocycles. The van der Waals surface area contributed by atoms with Gasteiger partial charge in [-0.05, 0) is 46.6 Å². The number of nitrogens with one attached hydrogen (secondary N) is 1. The van der Waals surface area contributed by atoms with Gasteiger partial charge in [-0.2, -0.15) is 0 Å². The lowest BCUT2D eigenvalue weighted by atomic mass is 10.1. The molecule has 0 fully saturated rings. The Morgan fingerprint density at radius 3 is 2.32 bits per heavy atom. The summed E-state index contributed by atoms with van der Waals surface area (Å²) < 4.78 is 28.7. The molecular formula is C14H31NO3S. The molecule has 116 valence electrons. The van der Waals surface area contributed by atoms with E-state index in [1.54, 1.807) is 6.92 Å². The second-order valence-corrected chi connectivity index (χ2v) is 8.43. The van der Waals surface area contributed by atoms with E-state index in [0.717, 1.165) is 19.4 Å². The van der Waals surface area contributed by atoms with E-state index >= 15 is 0 Å². The van der Waals surface area contributed by atoms with Crippen LogP contribution >= 0.6 is 0 Å². The molecule has 4 nitrogen and oxygen atoms in total. The largest absolute Gasteiger partial charge is 0.374 e. The summed E-state index contributed by atoms with van der Waals surface area (Å²) >= 11 is 0. The van der Waals surface area contributed by atoms with Gasteiger partial charge in [-0.15, -0.1) is 0 Å². The fraction of sp³-hybridized carbons (Fsp3) is 1.00. The smallest absolute Gasteiger partial charge is 0.150 e. The van der Waals surface area contributed by atoms with Gasteiger partial charge in [0.1, 0.15) is 9.84 Å². The van der Waals surface area contributed by atoms with Gasteiger partial charge in [0.25, 0.3) is 0 Å². The zero-order valence-corrected chi connectivity index (χ0v) is 14.0. The lowest BCUT2D eigenvalue weighted by Gasteiger charge is -2.25. The minimum atomic E-state index is -2.85. The van der Waals surface area contributed by atoms with Crippen molar-refractivity contribution >= 4 is 9.84 Å². The average molecular weight is 293 g/mol. The molecule has 1 unspecified atom stereocenters. The third-order valence-electron chi connectivity index (χ3n) is 2.85. The van der Waals surface area contributed by atoms with Gasteiger partial charge in [0.15, 0.2) is 0 Å². The molecule has 0 spiro atoms. The summed E-state index contributed by atoms with van der Waals surface area (Å²) in [6.07, 6.45) is 2.61. The first kappa shape index (κ1) is 18.9. The molecule has 19 heavy (non-hydrogen) atoms. The van der Waals surface area contributed by atoms with Gasteiger partial charge in [0.2, 0.25) is 0 Å². The zero-order valence-electron chi connectivity index (χ0n) is 13.2. The van der Waals surface area contributed by atoms with E-state index in [9.17, 15) is 8.42 Å². The highest BCUT2D eigenvalue weighted by molar-refractivity contribution is 7.91. The molecule has 1 atom stereocenters.